The quantitative estimate of drug-likeness (QED) is 0.833. The molecule has 4 nitrogen and oxygen atoms in total. The molecule has 6 heteroatoms. The molecule has 1 fully saturated rings. The number of aliphatic carboxylic acids is 1. The van der Waals surface area contributed by atoms with Gasteiger partial charge < -0.3 is 10.4 Å². The number of halogens is 2. The summed E-state index contributed by atoms with van der Waals surface area (Å²) < 4.78 is 13.7. The Morgan fingerprint density at radius 3 is 2.63 bits per heavy atom. The maximum atomic E-state index is 13.2. The van der Waals surface area contributed by atoms with Crippen molar-refractivity contribution >= 4 is 27.8 Å². The summed E-state index contributed by atoms with van der Waals surface area (Å²) in [6.45, 7) is 1.84. The van der Waals surface area contributed by atoms with Crippen LogP contribution < -0.4 is 5.32 Å². The normalized spacial score (nSPS) is 24.9. The van der Waals surface area contributed by atoms with Crippen LogP contribution in [0.15, 0.2) is 22.7 Å². The van der Waals surface area contributed by atoms with Crippen molar-refractivity contribution in [3.8, 4) is 0 Å². The zero-order chi connectivity index (χ0) is 14.2. The predicted molar refractivity (Wildman–Crippen MR) is 69.8 cm³/mol. The average Bonchev–Trinajstić information content (AvgIpc) is 2.98. The summed E-state index contributed by atoms with van der Waals surface area (Å²) >= 11 is 3.16. The van der Waals surface area contributed by atoms with E-state index in [1.54, 1.807) is 13.0 Å². The Morgan fingerprint density at radius 2 is 2.16 bits per heavy atom. The molecule has 0 saturated heterocycles. The second kappa shape index (κ2) is 4.92. The largest absolute Gasteiger partial charge is 0.480 e. The van der Waals surface area contributed by atoms with E-state index in [-0.39, 0.29) is 12.5 Å². The highest BCUT2D eigenvalue weighted by Crippen LogP contribution is 2.52. The Morgan fingerprint density at radius 1 is 1.53 bits per heavy atom. The van der Waals surface area contributed by atoms with E-state index in [9.17, 15) is 14.0 Å². The summed E-state index contributed by atoms with van der Waals surface area (Å²) in [4.78, 5) is 23.1. The zero-order valence-electron chi connectivity index (χ0n) is 10.2. The Labute approximate surface area is 118 Å². The van der Waals surface area contributed by atoms with Gasteiger partial charge in [-0.3, -0.25) is 9.59 Å². The maximum Gasteiger partial charge on any atom is 0.319 e. The van der Waals surface area contributed by atoms with Crippen LogP contribution in [0.5, 0.6) is 0 Å². The van der Waals surface area contributed by atoms with Crippen molar-refractivity contribution in [2.75, 3.05) is 0 Å². The lowest BCUT2D eigenvalue weighted by Gasteiger charge is -2.12. The second-order valence-corrected chi connectivity index (χ2v) is 5.76. The highest BCUT2D eigenvalue weighted by Gasteiger charge is 2.63. The van der Waals surface area contributed by atoms with Crippen molar-refractivity contribution < 1.29 is 19.1 Å². The van der Waals surface area contributed by atoms with Crippen molar-refractivity contribution in [2.45, 2.75) is 19.9 Å². The Hall–Kier alpha value is -1.43. The summed E-state index contributed by atoms with van der Waals surface area (Å²) in [5, 5.41) is 11.7. The fourth-order valence-electron chi connectivity index (χ4n) is 2.19. The van der Waals surface area contributed by atoms with Gasteiger partial charge in [0.05, 0.1) is 0 Å². The first kappa shape index (κ1) is 14.0. The van der Waals surface area contributed by atoms with E-state index in [0.717, 1.165) is 0 Å². The van der Waals surface area contributed by atoms with Crippen molar-refractivity contribution in [2.24, 2.45) is 11.3 Å². The number of carbonyl (C=O) groups is 2. The number of hydrogen-bond acceptors (Lipinski definition) is 2. The van der Waals surface area contributed by atoms with Gasteiger partial charge in [0.2, 0.25) is 5.91 Å². The van der Waals surface area contributed by atoms with Gasteiger partial charge in [0.15, 0.2) is 0 Å². The Kier molecular flexibility index (Phi) is 3.62. The van der Waals surface area contributed by atoms with Crippen LogP contribution in [0.25, 0.3) is 0 Å². The minimum absolute atomic E-state index is 0.108. The fraction of sp³-hybridized carbons (Fsp3) is 0.385. The minimum Gasteiger partial charge on any atom is -0.480 e. The summed E-state index contributed by atoms with van der Waals surface area (Å²) in [6.07, 6.45) is 0.348. The minimum atomic E-state index is -1.30. The number of carbonyl (C=O) groups excluding carboxylic acids is 1. The van der Waals surface area contributed by atoms with Gasteiger partial charge in [0, 0.05) is 11.0 Å². The lowest BCUT2D eigenvalue weighted by Crippen LogP contribution is -2.37. The molecule has 2 rings (SSSR count). The summed E-state index contributed by atoms with van der Waals surface area (Å²) in [5.41, 5.74) is -0.723. The number of nitrogens with one attached hydrogen (secondary N) is 1. The van der Waals surface area contributed by atoms with Crippen LogP contribution in [-0.4, -0.2) is 17.0 Å². The number of hydrogen-bond donors (Lipinski definition) is 2. The number of carboxylic acids is 1. The molecule has 0 aliphatic heterocycles. The summed E-state index contributed by atoms with van der Waals surface area (Å²) in [5.74, 6) is -2.18. The summed E-state index contributed by atoms with van der Waals surface area (Å²) in [6, 6.07) is 4.29. The molecular weight excluding hydrogens is 317 g/mol. The van der Waals surface area contributed by atoms with Crippen LogP contribution in [-0.2, 0) is 16.1 Å². The molecule has 1 saturated carbocycles. The highest BCUT2D eigenvalue weighted by molar-refractivity contribution is 9.10. The molecule has 0 radical (unpaired) electrons. The number of rotatable bonds is 4. The molecule has 102 valence electrons. The third-order valence-corrected chi connectivity index (χ3v) is 3.93. The van der Waals surface area contributed by atoms with Gasteiger partial charge >= 0.3 is 5.97 Å². The van der Waals surface area contributed by atoms with Gasteiger partial charge in [-0.2, -0.15) is 0 Å². The van der Waals surface area contributed by atoms with Gasteiger partial charge in [-0.15, -0.1) is 0 Å². The van der Waals surface area contributed by atoms with Crippen LogP contribution in [0, 0.1) is 17.2 Å². The third kappa shape index (κ3) is 2.63. The SMILES string of the molecule is CC1CC1(C(=O)O)C(=O)NCc1cc(F)cc(Br)c1. The predicted octanol–water partition coefficient (Wildman–Crippen LogP) is 2.32. The van der Waals surface area contributed by atoms with E-state index < -0.39 is 23.1 Å². The lowest BCUT2D eigenvalue weighted by atomic mass is 10.0. The smallest absolute Gasteiger partial charge is 0.319 e. The first-order valence-electron chi connectivity index (χ1n) is 5.83. The van der Waals surface area contributed by atoms with E-state index in [1.165, 1.54) is 12.1 Å². The van der Waals surface area contributed by atoms with E-state index in [4.69, 9.17) is 5.11 Å². The molecular formula is C13H13BrFNO3. The number of carboxylic acid groups (broad SMARTS) is 1. The molecule has 1 aliphatic rings. The molecule has 1 aromatic carbocycles. The molecule has 2 atom stereocenters. The Bertz CT molecular complexity index is 528. The zero-order valence-corrected chi connectivity index (χ0v) is 11.8. The molecule has 1 aliphatic carbocycles. The van der Waals surface area contributed by atoms with E-state index in [1.807, 2.05) is 0 Å². The number of benzene rings is 1. The maximum absolute atomic E-state index is 13.2. The van der Waals surface area contributed by atoms with Crippen LogP contribution in [0.1, 0.15) is 18.9 Å². The van der Waals surface area contributed by atoms with Crippen LogP contribution in [0.3, 0.4) is 0 Å². The molecule has 2 unspecified atom stereocenters. The third-order valence-electron chi connectivity index (χ3n) is 3.47. The monoisotopic (exact) mass is 329 g/mol. The van der Waals surface area contributed by atoms with Gasteiger partial charge in [0.25, 0.3) is 0 Å². The lowest BCUT2D eigenvalue weighted by molar-refractivity contribution is -0.149. The molecule has 0 aromatic heterocycles. The molecule has 0 heterocycles. The van der Waals surface area contributed by atoms with Gasteiger partial charge in [-0.05, 0) is 36.1 Å². The van der Waals surface area contributed by atoms with E-state index in [2.05, 4.69) is 21.2 Å². The molecule has 2 N–H and O–H groups in total. The van der Waals surface area contributed by atoms with Crippen LogP contribution >= 0.6 is 15.9 Å². The average molecular weight is 330 g/mol. The van der Waals surface area contributed by atoms with Gasteiger partial charge in [-0.1, -0.05) is 22.9 Å². The molecule has 19 heavy (non-hydrogen) atoms. The van der Waals surface area contributed by atoms with Crippen molar-refractivity contribution in [1.82, 2.24) is 5.32 Å². The van der Waals surface area contributed by atoms with Crippen LogP contribution in [0.4, 0.5) is 4.39 Å². The first-order valence-corrected chi connectivity index (χ1v) is 6.62. The van der Waals surface area contributed by atoms with E-state index in [0.29, 0.717) is 16.5 Å². The second-order valence-electron chi connectivity index (χ2n) is 4.84. The first-order chi connectivity index (χ1) is 8.86. The summed E-state index contributed by atoms with van der Waals surface area (Å²) in [7, 11) is 0. The fourth-order valence-corrected chi connectivity index (χ4v) is 2.70. The van der Waals surface area contributed by atoms with Crippen molar-refractivity contribution in [1.29, 1.82) is 0 Å². The topological polar surface area (TPSA) is 66.4 Å². The molecule has 1 aromatic rings. The van der Waals surface area contributed by atoms with Crippen LogP contribution in [0.2, 0.25) is 0 Å². The van der Waals surface area contributed by atoms with Gasteiger partial charge in [-0.25, -0.2) is 4.39 Å². The van der Waals surface area contributed by atoms with Crippen molar-refractivity contribution in [3.63, 3.8) is 0 Å². The standard InChI is InChI=1S/C13H13BrFNO3/c1-7-5-13(7,12(18)19)11(17)16-6-8-2-9(14)4-10(15)3-8/h2-4,7H,5-6H2,1H3,(H,16,17)(H,18,19). The van der Waals surface area contributed by atoms with E-state index >= 15 is 0 Å². The molecule has 0 spiro atoms. The number of amides is 1. The van der Waals surface area contributed by atoms with Crippen molar-refractivity contribution in [3.05, 3.63) is 34.1 Å². The molecule has 0 bridgehead atoms. The molecule has 1 amide bonds. The van der Waals surface area contributed by atoms with Gasteiger partial charge in [0.1, 0.15) is 11.2 Å². The Balaban J connectivity index is 2.03. The highest BCUT2D eigenvalue weighted by atomic mass is 79.9.